The van der Waals surface area contributed by atoms with Gasteiger partial charge in [-0.2, -0.15) is 0 Å². The van der Waals surface area contributed by atoms with Crippen molar-refractivity contribution >= 4 is 29.3 Å². The monoisotopic (exact) mass is 338 g/mol. The summed E-state index contributed by atoms with van der Waals surface area (Å²) in [6, 6.07) is 12.9. The molecule has 0 bridgehead atoms. The fourth-order valence-corrected chi connectivity index (χ4v) is 2.34. The van der Waals surface area contributed by atoms with Gasteiger partial charge in [0.15, 0.2) is 0 Å². The number of hydrogen-bond donors (Lipinski definition) is 2. The smallest absolute Gasteiger partial charge is 0.248 e. The molecule has 0 spiro atoms. The summed E-state index contributed by atoms with van der Waals surface area (Å²) in [7, 11) is 0. The third-order valence-corrected chi connectivity index (χ3v) is 3.54. The van der Waals surface area contributed by atoms with E-state index in [0.717, 1.165) is 16.9 Å². The van der Waals surface area contributed by atoms with Gasteiger partial charge in [0.05, 0.1) is 6.61 Å². The second-order valence-electron chi connectivity index (χ2n) is 5.45. The number of benzene rings is 2. The van der Waals surface area contributed by atoms with Gasteiger partial charge in [0.1, 0.15) is 5.75 Å². The van der Waals surface area contributed by atoms with Crippen LogP contribution in [0.1, 0.15) is 25.0 Å². The minimum Gasteiger partial charge on any atom is -0.493 e. The first-order valence-corrected chi connectivity index (χ1v) is 8.09. The lowest BCUT2D eigenvalue weighted by atomic mass is 10.1. The summed E-state index contributed by atoms with van der Waals surface area (Å²) in [5.41, 5.74) is 2.97. The lowest BCUT2D eigenvalue weighted by Crippen LogP contribution is -2.12. The van der Waals surface area contributed by atoms with Crippen LogP contribution in [0.15, 0.2) is 48.5 Å². The zero-order valence-corrected chi connectivity index (χ0v) is 14.6. The Morgan fingerprint density at radius 3 is 2.40 bits per heavy atom. The molecule has 0 unspecified atom stereocenters. The van der Waals surface area contributed by atoms with Crippen molar-refractivity contribution in [2.24, 2.45) is 0 Å². The van der Waals surface area contributed by atoms with Crippen LogP contribution in [-0.2, 0) is 9.59 Å². The molecule has 2 aromatic carbocycles. The number of anilines is 2. The maximum absolute atomic E-state index is 12.2. The fraction of sp³-hybridized carbons (Fsp3) is 0.200. The molecule has 0 aliphatic carbocycles. The van der Waals surface area contributed by atoms with Crippen LogP contribution in [0.5, 0.6) is 5.75 Å². The number of para-hydroxylation sites is 1. The standard InChI is InChI=1S/C20H22N2O3/c1-4-25-19-11-6-5-8-16(19)12-13-20(24)22-18-10-7-9-17(14(18)2)21-15(3)23/h5-13H,4H2,1-3H3,(H,21,23)(H,22,24)/b13-12+. The predicted octanol–water partition coefficient (Wildman–Crippen LogP) is 4.00. The van der Waals surface area contributed by atoms with Gasteiger partial charge in [0.25, 0.3) is 0 Å². The van der Waals surface area contributed by atoms with Crippen molar-refractivity contribution in [3.63, 3.8) is 0 Å². The van der Waals surface area contributed by atoms with Gasteiger partial charge in [0.2, 0.25) is 11.8 Å². The minimum absolute atomic E-state index is 0.154. The van der Waals surface area contributed by atoms with Gasteiger partial charge in [-0.25, -0.2) is 0 Å². The summed E-state index contributed by atoms with van der Waals surface area (Å²) >= 11 is 0. The Kier molecular flexibility index (Phi) is 6.34. The number of nitrogens with one attached hydrogen (secondary N) is 2. The fourth-order valence-electron chi connectivity index (χ4n) is 2.34. The molecule has 2 N–H and O–H groups in total. The molecule has 2 rings (SSSR count). The van der Waals surface area contributed by atoms with Crippen molar-refractivity contribution < 1.29 is 14.3 Å². The van der Waals surface area contributed by atoms with Crippen LogP contribution in [0.4, 0.5) is 11.4 Å². The Morgan fingerprint density at radius 1 is 1.04 bits per heavy atom. The third kappa shape index (κ3) is 5.21. The van der Waals surface area contributed by atoms with Crippen LogP contribution in [0.25, 0.3) is 6.08 Å². The molecule has 0 saturated carbocycles. The lowest BCUT2D eigenvalue weighted by Gasteiger charge is -2.11. The van der Waals surface area contributed by atoms with Gasteiger partial charge in [-0.15, -0.1) is 0 Å². The molecule has 2 aromatic rings. The summed E-state index contributed by atoms with van der Waals surface area (Å²) in [6.45, 7) is 5.77. The van der Waals surface area contributed by atoms with Crippen molar-refractivity contribution in [2.75, 3.05) is 17.2 Å². The van der Waals surface area contributed by atoms with E-state index in [2.05, 4.69) is 10.6 Å². The van der Waals surface area contributed by atoms with Crippen LogP contribution >= 0.6 is 0 Å². The van der Waals surface area contributed by atoms with Crippen LogP contribution in [0.2, 0.25) is 0 Å². The Morgan fingerprint density at radius 2 is 1.72 bits per heavy atom. The minimum atomic E-state index is -0.255. The largest absolute Gasteiger partial charge is 0.493 e. The number of hydrogen-bond acceptors (Lipinski definition) is 3. The summed E-state index contributed by atoms with van der Waals surface area (Å²) in [5.74, 6) is 0.325. The molecule has 0 heterocycles. The average molecular weight is 338 g/mol. The maximum atomic E-state index is 12.2. The number of carbonyl (C=O) groups excluding carboxylic acids is 2. The van der Waals surface area contributed by atoms with E-state index in [1.165, 1.54) is 13.0 Å². The van der Waals surface area contributed by atoms with E-state index in [-0.39, 0.29) is 11.8 Å². The Hall–Kier alpha value is -3.08. The highest BCUT2D eigenvalue weighted by atomic mass is 16.5. The maximum Gasteiger partial charge on any atom is 0.248 e. The molecule has 0 aliphatic rings. The molecule has 5 heteroatoms. The van der Waals surface area contributed by atoms with E-state index >= 15 is 0 Å². The van der Waals surface area contributed by atoms with E-state index in [1.807, 2.05) is 38.1 Å². The molecule has 0 aromatic heterocycles. The molecule has 130 valence electrons. The molecule has 0 aliphatic heterocycles. The van der Waals surface area contributed by atoms with E-state index < -0.39 is 0 Å². The highest BCUT2D eigenvalue weighted by Crippen LogP contribution is 2.24. The van der Waals surface area contributed by atoms with Crippen LogP contribution < -0.4 is 15.4 Å². The molecule has 5 nitrogen and oxygen atoms in total. The lowest BCUT2D eigenvalue weighted by molar-refractivity contribution is -0.114. The van der Waals surface area contributed by atoms with Crippen molar-refractivity contribution in [3.8, 4) is 5.75 Å². The molecule has 2 amide bonds. The number of amides is 2. The predicted molar refractivity (Wildman–Crippen MR) is 101 cm³/mol. The molecule has 0 saturated heterocycles. The second kappa shape index (κ2) is 8.68. The zero-order chi connectivity index (χ0) is 18.2. The number of ether oxygens (including phenoxy) is 1. The summed E-state index contributed by atoms with van der Waals surface area (Å²) in [4.78, 5) is 23.4. The van der Waals surface area contributed by atoms with Gasteiger partial charge in [0, 0.05) is 29.9 Å². The Bertz CT molecular complexity index is 797. The highest BCUT2D eigenvalue weighted by Gasteiger charge is 2.07. The van der Waals surface area contributed by atoms with Crippen molar-refractivity contribution in [1.29, 1.82) is 0 Å². The van der Waals surface area contributed by atoms with Gasteiger partial charge < -0.3 is 15.4 Å². The quantitative estimate of drug-likeness (QED) is 0.782. The second-order valence-corrected chi connectivity index (χ2v) is 5.45. The summed E-state index contributed by atoms with van der Waals surface area (Å²) in [6.07, 6.45) is 3.18. The molecule has 0 radical (unpaired) electrons. The number of carbonyl (C=O) groups is 2. The zero-order valence-electron chi connectivity index (χ0n) is 14.6. The van der Waals surface area contributed by atoms with Crippen LogP contribution in [0.3, 0.4) is 0 Å². The molecule has 0 fully saturated rings. The van der Waals surface area contributed by atoms with Crippen molar-refractivity contribution in [1.82, 2.24) is 0 Å². The molecule has 25 heavy (non-hydrogen) atoms. The van der Waals surface area contributed by atoms with E-state index in [9.17, 15) is 9.59 Å². The van der Waals surface area contributed by atoms with E-state index in [0.29, 0.717) is 18.0 Å². The van der Waals surface area contributed by atoms with Gasteiger partial charge in [-0.05, 0) is 43.7 Å². The third-order valence-electron chi connectivity index (χ3n) is 3.54. The van der Waals surface area contributed by atoms with Gasteiger partial charge >= 0.3 is 0 Å². The van der Waals surface area contributed by atoms with Crippen molar-refractivity contribution in [3.05, 3.63) is 59.7 Å². The number of rotatable bonds is 6. The summed E-state index contributed by atoms with van der Waals surface area (Å²) in [5, 5.41) is 5.57. The SMILES string of the molecule is CCOc1ccccc1/C=C/C(=O)Nc1cccc(NC(C)=O)c1C. The van der Waals surface area contributed by atoms with Crippen molar-refractivity contribution in [2.45, 2.75) is 20.8 Å². The molecule has 0 atom stereocenters. The Balaban J connectivity index is 2.12. The normalized spacial score (nSPS) is 10.5. The first kappa shape index (κ1) is 18.3. The summed E-state index contributed by atoms with van der Waals surface area (Å²) < 4.78 is 5.54. The molecular weight excluding hydrogens is 316 g/mol. The Labute approximate surface area is 147 Å². The first-order valence-electron chi connectivity index (χ1n) is 8.09. The highest BCUT2D eigenvalue weighted by molar-refractivity contribution is 6.03. The first-order chi connectivity index (χ1) is 12.0. The van der Waals surface area contributed by atoms with Gasteiger partial charge in [-0.1, -0.05) is 24.3 Å². The van der Waals surface area contributed by atoms with Crippen LogP contribution in [-0.4, -0.2) is 18.4 Å². The van der Waals surface area contributed by atoms with Crippen LogP contribution in [0, 0.1) is 6.92 Å². The molecular formula is C20H22N2O3. The van der Waals surface area contributed by atoms with E-state index in [4.69, 9.17) is 4.74 Å². The topological polar surface area (TPSA) is 67.4 Å². The average Bonchev–Trinajstić information content (AvgIpc) is 2.57. The van der Waals surface area contributed by atoms with E-state index in [1.54, 1.807) is 24.3 Å². The van der Waals surface area contributed by atoms with Gasteiger partial charge in [-0.3, -0.25) is 9.59 Å².